The second-order valence-corrected chi connectivity index (χ2v) is 9.51. The molecule has 0 spiro atoms. The summed E-state index contributed by atoms with van der Waals surface area (Å²) in [6.07, 6.45) is 6.98. The SMILES string of the molecule is CCNC(=NCc1ccc(S(=O)(=O)NC2CC2)cc1)NCC1(CC)CCC1. The van der Waals surface area contributed by atoms with Crippen LogP contribution in [-0.4, -0.2) is 33.5 Å². The zero-order valence-corrected chi connectivity index (χ0v) is 17.2. The lowest BCUT2D eigenvalue weighted by Gasteiger charge is -2.41. The first-order valence-corrected chi connectivity index (χ1v) is 11.6. The fourth-order valence-corrected chi connectivity index (χ4v) is 4.68. The van der Waals surface area contributed by atoms with Gasteiger partial charge in [0.25, 0.3) is 0 Å². The van der Waals surface area contributed by atoms with Gasteiger partial charge in [-0.3, -0.25) is 0 Å². The van der Waals surface area contributed by atoms with Gasteiger partial charge in [-0.15, -0.1) is 0 Å². The van der Waals surface area contributed by atoms with Crippen LogP contribution in [0.1, 0.15) is 57.9 Å². The van der Waals surface area contributed by atoms with Gasteiger partial charge in [-0.05, 0) is 62.1 Å². The van der Waals surface area contributed by atoms with Gasteiger partial charge in [0.1, 0.15) is 0 Å². The maximum Gasteiger partial charge on any atom is 0.240 e. The average Bonchev–Trinajstić information content (AvgIpc) is 3.42. The minimum absolute atomic E-state index is 0.120. The number of hydrogen-bond acceptors (Lipinski definition) is 3. The van der Waals surface area contributed by atoms with E-state index in [1.165, 1.54) is 25.7 Å². The molecule has 1 aromatic rings. The third kappa shape index (κ3) is 5.45. The maximum absolute atomic E-state index is 12.2. The number of guanidine groups is 1. The quantitative estimate of drug-likeness (QED) is 0.446. The smallest absolute Gasteiger partial charge is 0.240 e. The molecule has 0 atom stereocenters. The van der Waals surface area contributed by atoms with Crippen molar-refractivity contribution in [3.05, 3.63) is 29.8 Å². The lowest BCUT2D eigenvalue weighted by Crippen LogP contribution is -2.46. The number of nitrogens with one attached hydrogen (secondary N) is 3. The first-order valence-electron chi connectivity index (χ1n) is 10.1. The Balaban J connectivity index is 1.58. The van der Waals surface area contributed by atoms with Crippen LogP contribution >= 0.6 is 0 Å². The van der Waals surface area contributed by atoms with Crippen LogP contribution in [0.4, 0.5) is 0 Å². The van der Waals surface area contributed by atoms with E-state index in [1.54, 1.807) is 12.1 Å². The highest BCUT2D eigenvalue weighted by Crippen LogP contribution is 2.42. The normalized spacial score (nSPS) is 19.4. The molecule has 0 unspecified atom stereocenters. The third-order valence-electron chi connectivity index (χ3n) is 5.69. The molecule has 2 saturated carbocycles. The van der Waals surface area contributed by atoms with Crippen molar-refractivity contribution in [1.29, 1.82) is 0 Å². The van der Waals surface area contributed by atoms with Crippen molar-refractivity contribution in [1.82, 2.24) is 15.4 Å². The number of nitrogens with zero attached hydrogens (tertiary/aromatic N) is 1. The van der Waals surface area contributed by atoms with Gasteiger partial charge >= 0.3 is 0 Å². The lowest BCUT2D eigenvalue weighted by atomic mass is 9.67. The Labute approximate surface area is 163 Å². The predicted octanol–water partition coefficient (Wildman–Crippen LogP) is 2.76. The molecule has 0 radical (unpaired) electrons. The molecule has 0 saturated heterocycles. The number of sulfonamides is 1. The van der Waals surface area contributed by atoms with Gasteiger partial charge in [0.05, 0.1) is 11.4 Å². The van der Waals surface area contributed by atoms with Crippen LogP contribution in [0, 0.1) is 5.41 Å². The standard InChI is InChI=1S/C20H32N4O2S/c1-3-20(12-5-13-20)15-23-19(21-4-2)22-14-16-6-10-18(11-7-16)27(25,26)24-17-8-9-17/h6-7,10-11,17,24H,3-5,8-9,12-15H2,1-2H3,(H2,21,22,23). The molecule has 0 aromatic heterocycles. The molecule has 3 N–H and O–H groups in total. The van der Waals surface area contributed by atoms with Crippen molar-refractivity contribution in [3.63, 3.8) is 0 Å². The fourth-order valence-electron chi connectivity index (χ4n) is 3.38. The van der Waals surface area contributed by atoms with Gasteiger partial charge in [0.15, 0.2) is 5.96 Å². The van der Waals surface area contributed by atoms with Crippen LogP contribution in [0.2, 0.25) is 0 Å². The monoisotopic (exact) mass is 392 g/mol. The van der Waals surface area contributed by atoms with Crippen LogP contribution in [0.15, 0.2) is 34.2 Å². The molecule has 27 heavy (non-hydrogen) atoms. The van der Waals surface area contributed by atoms with Crippen LogP contribution in [0.5, 0.6) is 0 Å². The molecule has 150 valence electrons. The summed E-state index contributed by atoms with van der Waals surface area (Å²) in [6, 6.07) is 7.13. The molecule has 0 amide bonds. The first-order chi connectivity index (χ1) is 13.0. The number of rotatable bonds is 9. The molecule has 3 rings (SSSR count). The van der Waals surface area contributed by atoms with Crippen LogP contribution in [-0.2, 0) is 16.6 Å². The van der Waals surface area contributed by atoms with E-state index in [0.717, 1.165) is 37.5 Å². The van der Waals surface area contributed by atoms with Crippen molar-refractivity contribution in [2.75, 3.05) is 13.1 Å². The summed E-state index contributed by atoms with van der Waals surface area (Å²) in [4.78, 5) is 4.98. The fraction of sp³-hybridized carbons (Fsp3) is 0.650. The Morgan fingerprint density at radius 3 is 2.37 bits per heavy atom. The summed E-state index contributed by atoms with van der Waals surface area (Å²) in [5.74, 6) is 0.823. The van der Waals surface area contributed by atoms with E-state index in [9.17, 15) is 8.42 Å². The van der Waals surface area contributed by atoms with E-state index in [4.69, 9.17) is 0 Å². The lowest BCUT2D eigenvalue weighted by molar-refractivity contribution is 0.131. The average molecular weight is 393 g/mol. The van der Waals surface area contributed by atoms with Crippen LogP contribution < -0.4 is 15.4 Å². The molecule has 2 aliphatic rings. The van der Waals surface area contributed by atoms with Gasteiger partial charge in [0.2, 0.25) is 10.0 Å². The second-order valence-electron chi connectivity index (χ2n) is 7.80. The summed E-state index contributed by atoms with van der Waals surface area (Å²) in [5, 5.41) is 6.78. The molecule has 2 aliphatic carbocycles. The molecule has 2 fully saturated rings. The summed E-state index contributed by atoms with van der Waals surface area (Å²) in [5.41, 5.74) is 1.42. The topological polar surface area (TPSA) is 82.6 Å². The highest BCUT2D eigenvalue weighted by atomic mass is 32.2. The summed E-state index contributed by atoms with van der Waals surface area (Å²) < 4.78 is 27.2. The third-order valence-corrected chi connectivity index (χ3v) is 7.23. The van der Waals surface area contributed by atoms with Gasteiger partial charge in [0, 0.05) is 19.1 Å². The minimum atomic E-state index is -3.39. The van der Waals surface area contributed by atoms with Gasteiger partial charge in [-0.1, -0.05) is 25.5 Å². The first kappa shape index (κ1) is 20.1. The van der Waals surface area contributed by atoms with E-state index >= 15 is 0 Å². The molecule has 6 nitrogen and oxygen atoms in total. The molecular formula is C20H32N4O2S. The molecule has 0 bridgehead atoms. The zero-order chi connectivity index (χ0) is 19.3. The summed E-state index contributed by atoms with van der Waals surface area (Å²) in [6.45, 7) is 6.61. The number of aliphatic imine (C=N–C) groups is 1. The Morgan fingerprint density at radius 1 is 1.15 bits per heavy atom. The van der Waals surface area contributed by atoms with Crippen LogP contribution in [0.25, 0.3) is 0 Å². The van der Waals surface area contributed by atoms with E-state index in [1.807, 2.05) is 12.1 Å². The molecule has 7 heteroatoms. The molecule has 0 aliphatic heterocycles. The van der Waals surface area contributed by atoms with Gasteiger partial charge in [-0.25, -0.2) is 18.1 Å². The highest BCUT2D eigenvalue weighted by molar-refractivity contribution is 7.89. The Kier molecular flexibility index (Phi) is 6.42. The number of benzene rings is 1. The highest BCUT2D eigenvalue weighted by Gasteiger charge is 2.34. The largest absolute Gasteiger partial charge is 0.357 e. The Morgan fingerprint density at radius 2 is 1.85 bits per heavy atom. The van der Waals surface area contributed by atoms with E-state index in [-0.39, 0.29) is 6.04 Å². The Bertz CT molecular complexity index is 745. The van der Waals surface area contributed by atoms with E-state index in [2.05, 4.69) is 34.2 Å². The van der Waals surface area contributed by atoms with Crippen molar-refractivity contribution < 1.29 is 8.42 Å². The summed E-state index contributed by atoms with van der Waals surface area (Å²) >= 11 is 0. The molecular weight excluding hydrogens is 360 g/mol. The number of hydrogen-bond donors (Lipinski definition) is 3. The van der Waals surface area contributed by atoms with Gasteiger partial charge in [-0.2, -0.15) is 0 Å². The summed E-state index contributed by atoms with van der Waals surface area (Å²) in [7, 11) is -3.39. The maximum atomic E-state index is 12.2. The van der Waals surface area contributed by atoms with Crippen molar-refractivity contribution in [2.45, 2.75) is 69.9 Å². The molecule has 1 aromatic carbocycles. The van der Waals surface area contributed by atoms with Crippen molar-refractivity contribution in [3.8, 4) is 0 Å². The van der Waals surface area contributed by atoms with Crippen molar-refractivity contribution >= 4 is 16.0 Å². The van der Waals surface area contributed by atoms with E-state index in [0.29, 0.717) is 16.9 Å². The Hall–Kier alpha value is -1.60. The minimum Gasteiger partial charge on any atom is -0.357 e. The molecule has 0 heterocycles. The predicted molar refractivity (Wildman–Crippen MR) is 109 cm³/mol. The van der Waals surface area contributed by atoms with Crippen molar-refractivity contribution in [2.24, 2.45) is 10.4 Å². The van der Waals surface area contributed by atoms with Gasteiger partial charge < -0.3 is 10.6 Å². The van der Waals surface area contributed by atoms with Crippen LogP contribution in [0.3, 0.4) is 0 Å². The van der Waals surface area contributed by atoms with E-state index < -0.39 is 10.0 Å². The zero-order valence-electron chi connectivity index (χ0n) is 16.4. The second kappa shape index (κ2) is 8.61.